The number of amides is 1. The second-order valence-electron chi connectivity index (χ2n) is 5.09. The molecule has 2 rings (SSSR count). The van der Waals surface area contributed by atoms with Crippen LogP contribution in [0.15, 0.2) is 30.9 Å². The standard InChI is InChI=1S/C17H19N3O/c1-3-5-14-15(19)7-6-12(10-18)17(14)13-9-16(21)20(11-13)8-4-2/h3,6-7,9H,1,4-5,8,11,19H2,2H3. The Bertz CT molecular complexity index is 653. The molecule has 1 aromatic rings. The number of hydrogen-bond donors (Lipinski definition) is 1. The number of nitrogens with zero attached hydrogens (tertiary/aromatic N) is 2. The van der Waals surface area contributed by atoms with Crippen molar-refractivity contribution in [2.24, 2.45) is 0 Å². The minimum absolute atomic E-state index is 0.00252. The van der Waals surface area contributed by atoms with E-state index in [9.17, 15) is 10.1 Å². The third kappa shape index (κ3) is 2.82. The third-order valence-corrected chi connectivity index (χ3v) is 3.60. The van der Waals surface area contributed by atoms with Crippen molar-refractivity contribution in [2.45, 2.75) is 19.8 Å². The lowest BCUT2D eigenvalue weighted by molar-refractivity contribution is -0.124. The minimum atomic E-state index is 0.00252. The van der Waals surface area contributed by atoms with Gasteiger partial charge in [-0.1, -0.05) is 13.0 Å². The van der Waals surface area contributed by atoms with E-state index < -0.39 is 0 Å². The molecule has 0 saturated carbocycles. The molecule has 1 aliphatic rings. The van der Waals surface area contributed by atoms with Crippen molar-refractivity contribution < 1.29 is 4.79 Å². The van der Waals surface area contributed by atoms with Gasteiger partial charge < -0.3 is 10.6 Å². The van der Waals surface area contributed by atoms with E-state index in [2.05, 4.69) is 12.6 Å². The van der Waals surface area contributed by atoms with Crippen molar-refractivity contribution in [3.8, 4) is 6.07 Å². The van der Waals surface area contributed by atoms with Crippen LogP contribution >= 0.6 is 0 Å². The summed E-state index contributed by atoms with van der Waals surface area (Å²) < 4.78 is 0. The Balaban J connectivity index is 2.51. The molecule has 108 valence electrons. The minimum Gasteiger partial charge on any atom is -0.398 e. The summed E-state index contributed by atoms with van der Waals surface area (Å²) in [6, 6.07) is 5.65. The summed E-state index contributed by atoms with van der Waals surface area (Å²) in [6.45, 7) is 7.04. The average molecular weight is 281 g/mol. The predicted octanol–water partition coefficient (Wildman–Crippen LogP) is 2.50. The quantitative estimate of drug-likeness (QED) is 0.666. The van der Waals surface area contributed by atoms with E-state index in [1.807, 2.05) is 6.92 Å². The van der Waals surface area contributed by atoms with Crippen LogP contribution in [0, 0.1) is 11.3 Å². The van der Waals surface area contributed by atoms with Crippen LogP contribution in [-0.4, -0.2) is 23.9 Å². The van der Waals surface area contributed by atoms with Gasteiger partial charge in [-0.15, -0.1) is 6.58 Å². The zero-order valence-electron chi connectivity index (χ0n) is 12.2. The monoisotopic (exact) mass is 281 g/mol. The summed E-state index contributed by atoms with van der Waals surface area (Å²) in [5, 5.41) is 9.36. The fourth-order valence-corrected chi connectivity index (χ4v) is 2.67. The third-order valence-electron chi connectivity index (χ3n) is 3.60. The number of hydrogen-bond acceptors (Lipinski definition) is 3. The van der Waals surface area contributed by atoms with E-state index in [1.54, 1.807) is 29.2 Å². The fourth-order valence-electron chi connectivity index (χ4n) is 2.67. The van der Waals surface area contributed by atoms with Crippen molar-refractivity contribution in [1.29, 1.82) is 5.26 Å². The number of allylic oxidation sites excluding steroid dienone is 1. The average Bonchev–Trinajstić information content (AvgIpc) is 2.82. The lowest BCUT2D eigenvalue weighted by Crippen LogP contribution is -2.26. The summed E-state index contributed by atoms with van der Waals surface area (Å²) in [7, 11) is 0. The summed E-state index contributed by atoms with van der Waals surface area (Å²) in [5.74, 6) is 0.00252. The molecule has 0 radical (unpaired) electrons. The summed E-state index contributed by atoms with van der Waals surface area (Å²) in [4.78, 5) is 13.8. The van der Waals surface area contributed by atoms with E-state index in [0.717, 1.165) is 29.7 Å². The number of carbonyl (C=O) groups is 1. The first-order valence-corrected chi connectivity index (χ1v) is 7.04. The van der Waals surface area contributed by atoms with Crippen LogP contribution in [0.1, 0.15) is 30.0 Å². The fraction of sp³-hybridized carbons (Fsp3) is 0.294. The van der Waals surface area contributed by atoms with Gasteiger partial charge in [0.2, 0.25) is 5.91 Å². The number of rotatable bonds is 5. The molecule has 0 saturated heterocycles. The number of nitrogen functional groups attached to an aromatic ring is 1. The van der Waals surface area contributed by atoms with E-state index in [-0.39, 0.29) is 5.91 Å². The van der Waals surface area contributed by atoms with Crippen molar-refractivity contribution in [3.63, 3.8) is 0 Å². The topological polar surface area (TPSA) is 70.1 Å². The van der Waals surface area contributed by atoms with Gasteiger partial charge in [0.1, 0.15) is 0 Å². The van der Waals surface area contributed by atoms with Crippen molar-refractivity contribution in [2.75, 3.05) is 18.8 Å². The molecule has 0 fully saturated rings. The highest BCUT2D eigenvalue weighted by Crippen LogP contribution is 2.31. The normalized spacial score (nSPS) is 14.0. The molecule has 2 N–H and O–H groups in total. The Kier molecular flexibility index (Phi) is 4.44. The van der Waals surface area contributed by atoms with Gasteiger partial charge in [-0.25, -0.2) is 0 Å². The molecule has 0 aliphatic carbocycles. The van der Waals surface area contributed by atoms with Gasteiger partial charge in [0.15, 0.2) is 0 Å². The van der Waals surface area contributed by atoms with Crippen LogP contribution in [-0.2, 0) is 11.2 Å². The molecule has 1 aliphatic heterocycles. The highest BCUT2D eigenvalue weighted by molar-refractivity contribution is 6.02. The van der Waals surface area contributed by atoms with Crippen molar-refractivity contribution in [1.82, 2.24) is 4.90 Å². The Morgan fingerprint density at radius 1 is 1.52 bits per heavy atom. The number of benzene rings is 1. The highest BCUT2D eigenvalue weighted by atomic mass is 16.2. The van der Waals surface area contributed by atoms with Gasteiger partial charge in [0, 0.05) is 30.4 Å². The van der Waals surface area contributed by atoms with Gasteiger partial charge in [0.25, 0.3) is 0 Å². The first-order chi connectivity index (χ1) is 10.1. The van der Waals surface area contributed by atoms with Crippen LogP contribution in [0.5, 0.6) is 0 Å². The molecule has 0 bridgehead atoms. The SMILES string of the molecule is C=CCc1c(N)ccc(C#N)c1C1=CC(=O)N(CCC)C1. The lowest BCUT2D eigenvalue weighted by atomic mass is 9.92. The molecule has 4 nitrogen and oxygen atoms in total. The van der Waals surface area contributed by atoms with Crippen molar-refractivity contribution in [3.05, 3.63) is 47.6 Å². The molecule has 21 heavy (non-hydrogen) atoms. The van der Waals surface area contributed by atoms with Gasteiger partial charge in [-0.3, -0.25) is 4.79 Å². The number of carbonyl (C=O) groups excluding carboxylic acids is 1. The van der Waals surface area contributed by atoms with E-state index in [4.69, 9.17) is 5.73 Å². The molecule has 0 unspecified atom stereocenters. The molecular weight excluding hydrogens is 262 g/mol. The smallest absolute Gasteiger partial charge is 0.247 e. The van der Waals surface area contributed by atoms with Gasteiger partial charge in [-0.05, 0) is 36.1 Å². The van der Waals surface area contributed by atoms with Crippen LogP contribution in [0.3, 0.4) is 0 Å². The molecule has 1 aromatic carbocycles. The van der Waals surface area contributed by atoms with Gasteiger partial charge >= 0.3 is 0 Å². The van der Waals surface area contributed by atoms with Crippen molar-refractivity contribution >= 4 is 17.2 Å². The highest BCUT2D eigenvalue weighted by Gasteiger charge is 2.25. The van der Waals surface area contributed by atoms with Crippen LogP contribution in [0.25, 0.3) is 5.57 Å². The summed E-state index contributed by atoms with van der Waals surface area (Å²) >= 11 is 0. The first-order valence-electron chi connectivity index (χ1n) is 7.04. The molecule has 1 amide bonds. The molecular formula is C17H19N3O. The lowest BCUT2D eigenvalue weighted by Gasteiger charge is -2.17. The molecule has 0 spiro atoms. The number of nitrogens with two attached hydrogens (primary N) is 1. The Hall–Kier alpha value is -2.54. The predicted molar refractivity (Wildman–Crippen MR) is 84.3 cm³/mol. The maximum Gasteiger partial charge on any atom is 0.247 e. The Labute approximate surface area is 125 Å². The number of nitriles is 1. The Morgan fingerprint density at radius 2 is 2.29 bits per heavy atom. The van der Waals surface area contributed by atoms with Crippen LogP contribution in [0.2, 0.25) is 0 Å². The second-order valence-corrected chi connectivity index (χ2v) is 5.09. The Morgan fingerprint density at radius 3 is 2.90 bits per heavy atom. The summed E-state index contributed by atoms with van der Waals surface area (Å²) in [5.41, 5.74) is 9.77. The van der Waals surface area contributed by atoms with E-state index in [1.165, 1.54) is 0 Å². The molecule has 1 heterocycles. The molecule has 0 atom stereocenters. The zero-order chi connectivity index (χ0) is 15.4. The maximum absolute atomic E-state index is 12.0. The van der Waals surface area contributed by atoms with Crippen LogP contribution in [0.4, 0.5) is 5.69 Å². The van der Waals surface area contributed by atoms with E-state index in [0.29, 0.717) is 24.2 Å². The second kappa shape index (κ2) is 6.27. The zero-order valence-corrected chi connectivity index (χ0v) is 12.2. The first kappa shape index (κ1) is 14.9. The largest absolute Gasteiger partial charge is 0.398 e. The van der Waals surface area contributed by atoms with E-state index >= 15 is 0 Å². The van der Waals surface area contributed by atoms with Crippen LogP contribution < -0.4 is 5.73 Å². The molecule has 0 aromatic heterocycles. The number of anilines is 1. The van der Waals surface area contributed by atoms with Gasteiger partial charge in [0.05, 0.1) is 11.6 Å². The van der Waals surface area contributed by atoms with Gasteiger partial charge in [-0.2, -0.15) is 5.26 Å². The molecule has 4 heteroatoms. The summed E-state index contributed by atoms with van der Waals surface area (Å²) in [6.07, 6.45) is 4.87. The maximum atomic E-state index is 12.0.